The Hall–Kier alpha value is -4.00. The lowest BCUT2D eigenvalue weighted by Gasteiger charge is -2.15. The van der Waals surface area contributed by atoms with Gasteiger partial charge in [0.05, 0.1) is 23.7 Å². The van der Waals surface area contributed by atoms with Gasteiger partial charge in [0.25, 0.3) is 5.56 Å². The van der Waals surface area contributed by atoms with E-state index in [-0.39, 0.29) is 11.3 Å². The molecule has 0 bridgehead atoms. The Morgan fingerprint density at radius 1 is 1.06 bits per heavy atom. The van der Waals surface area contributed by atoms with E-state index in [1.54, 1.807) is 22.9 Å². The molecule has 0 spiro atoms. The van der Waals surface area contributed by atoms with Crippen LogP contribution in [0.25, 0.3) is 16.6 Å². The second-order valence-corrected chi connectivity index (χ2v) is 7.35. The van der Waals surface area contributed by atoms with Gasteiger partial charge in [0, 0.05) is 24.8 Å². The molecular formula is C25H24N4O3. The number of methoxy groups -OCH3 is 1. The summed E-state index contributed by atoms with van der Waals surface area (Å²) in [4.78, 5) is 34.1. The molecule has 0 saturated carbocycles. The summed E-state index contributed by atoms with van der Waals surface area (Å²) >= 11 is 0. The van der Waals surface area contributed by atoms with Crippen molar-refractivity contribution in [1.29, 1.82) is 0 Å². The van der Waals surface area contributed by atoms with Crippen LogP contribution in [0.5, 0.6) is 0 Å². The number of carbonyl (C=O) groups is 1. The summed E-state index contributed by atoms with van der Waals surface area (Å²) in [6.07, 6.45) is 3.21. The summed E-state index contributed by atoms with van der Waals surface area (Å²) in [5.41, 5.74) is 3.17. The van der Waals surface area contributed by atoms with Crippen LogP contribution in [0.3, 0.4) is 0 Å². The van der Waals surface area contributed by atoms with E-state index in [1.165, 1.54) is 7.11 Å². The first-order valence-electron chi connectivity index (χ1n) is 10.5. The number of aryl methyl sites for hydroxylation is 1. The molecule has 0 radical (unpaired) electrons. The van der Waals surface area contributed by atoms with Crippen LogP contribution in [0.2, 0.25) is 0 Å². The molecule has 0 saturated heterocycles. The molecule has 7 nitrogen and oxygen atoms in total. The van der Waals surface area contributed by atoms with E-state index in [0.717, 1.165) is 23.5 Å². The first kappa shape index (κ1) is 21.2. The van der Waals surface area contributed by atoms with Crippen molar-refractivity contribution in [2.45, 2.75) is 26.3 Å². The minimum absolute atomic E-state index is 0.105. The van der Waals surface area contributed by atoms with Crippen molar-refractivity contribution in [3.05, 3.63) is 94.3 Å². The number of anilines is 1. The maximum atomic E-state index is 13.6. The second kappa shape index (κ2) is 9.43. The SMILES string of the molecule is CCCc1nc2cccc(NCc3ccc(C(=O)OC)nc3)c2c(=O)n1-c1ccccc1. The van der Waals surface area contributed by atoms with Gasteiger partial charge in [-0.15, -0.1) is 0 Å². The van der Waals surface area contributed by atoms with Crippen molar-refractivity contribution in [2.75, 3.05) is 12.4 Å². The zero-order chi connectivity index (χ0) is 22.5. The molecule has 0 aliphatic heterocycles. The Bertz CT molecular complexity index is 1300. The summed E-state index contributed by atoms with van der Waals surface area (Å²) in [7, 11) is 1.32. The van der Waals surface area contributed by atoms with Crippen molar-refractivity contribution in [1.82, 2.24) is 14.5 Å². The third-order valence-electron chi connectivity index (χ3n) is 5.16. The number of hydrogen-bond acceptors (Lipinski definition) is 6. The lowest BCUT2D eigenvalue weighted by molar-refractivity contribution is 0.0594. The Morgan fingerprint density at radius 3 is 2.56 bits per heavy atom. The van der Waals surface area contributed by atoms with Gasteiger partial charge in [-0.1, -0.05) is 37.3 Å². The summed E-state index contributed by atoms with van der Waals surface area (Å²) in [5, 5.41) is 3.87. The van der Waals surface area contributed by atoms with Gasteiger partial charge in [-0.3, -0.25) is 9.36 Å². The van der Waals surface area contributed by atoms with E-state index < -0.39 is 5.97 Å². The quantitative estimate of drug-likeness (QED) is 0.446. The molecule has 162 valence electrons. The molecule has 0 aliphatic carbocycles. The van der Waals surface area contributed by atoms with Crippen LogP contribution in [0, 0.1) is 0 Å². The fourth-order valence-electron chi connectivity index (χ4n) is 3.61. The van der Waals surface area contributed by atoms with Crippen LogP contribution in [-0.4, -0.2) is 27.6 Å². The van der Waals surface area contributed by atoms with Gasteiger partial charge in [0.15, 0.2) is 0 Å². The lowest BCUT2D eigenvalue weighted by Crippen LogP contribution is -2.24. The van der Waals surface area contributed by atoms with Crippen molar-refractivity contribution in [2.24, 2.45) is 0 Å². The number of carbonyl (C=O) groups excluding carboxylic acids is 1. The molecule has 4 rings (SSSR count). The molecule has 32 heavy (non-hydrogen) atoms. The van der Waals surface area contributed by atoms with Gasteiger partial charge in [0.2, 0.25) is 0 Å². The van der Waals surface area contributed by atoms with Crippen LogP contribution in [0.15, 0.2) is 71.7 Å². The Labute approximate surface area is 185 Å². The molecule has 2 aromatic heterocycles. The molecule has 0 amide bonds. The van der Waals surface area contributed by atoms with Gasteiger partial charge >= 0.3 is 5.97 Å². The highest BCUT2D eigenvalue weighted by Crippen LogP contribution is 2.22. The molecule has 2 heterocycles. The number of aromatic nitrogens is 3. The zero-order valence-corrected chi connectivity index (χ0v) is 18.0. The van der Waals surface area contributed by atoms with Gasteiger partial charge < -0.3 is 10.1 Å². The smallest absolute Gasteiger partial charge is 0.356 e. The van der Waals surface area contributed by atoms with Crippen molar-refractivity contribution >= 4 is 22.6 Å². The summed E-state index contributed by atoms with van der Waals surface area (Å²) in [6, 6.07) is 18.6. The van der Waals surface area contributed by atoms with Crippen LogP contribution >= 0.6 is 0 Å². The first-order chi connectivity index (χ1) is 15.6. The normalized spacial score (nSPS) is 10.8. The molecule has 0 fully saturated rings. The number of esters is 1. The number of nitrogens with one attached hydrogen (secondary N) is 1. The monoisotopic (exact) mass is 428 g/mol. The highest BCUT2D eigenvalue weighted by Gasteiger charge is 2.15. The number of para-hydroxylation sites is 1. The number of nitrogens with zero attached hydrogens (tertiary/aromatic N) is 3. The van der Waals surface area contributed by atoms with Crippen molar-refractivity contribution < 1.29 is 9.53 Å². The fraction of sp³-hybridized carbons (Fsp3) is 0.200. The molecule has 0 atom stereocenters. The van der Waals surface area contributed by atoms with E-state index in [2.05, 4.69) is 22.0 Å². The second-order valence-electron chi connectivity index (χ2n) is 7.35. The largest absolute Gasteiger partial charge is 0.464 e. The Kier molecular flexibility index (Phi) is 6.26. The number of benzene rings is 2. The molecule has 0 unspecified atom stereocenters. The van der Waals surface area contributed by atoms with Gasteiger partial charge in [0.1, 0.15) is 11.5 Å². The molecule has 0 aliphatic rings. The first-order valence-corrected chi connectivity index (χ1v) is 10.5. The maximum absolute atomic E-state index is 13.6. The molecular weight excluding hydrogens is 404 g/mol. The third-order valence-corrected chi connectivity index (χ3v) is 5.16. The number of pyridine rings is 1. The average molecular weight is 428 g/mol. The lowest BCUT2D eigenvalue weighted by atomic mass is 10.1. The van der Waals surface area contributed by atoms with E-state index in [1.807, 2.05) is 48.5 Å². The van der Waals surface area contributed by atoms with Crippen molar-refractivity contribution in [3.8, 4) is 5.69 Å². The third kappa shape index (κ3) is 4.23. The van der Waals surface area contributed by atoms with Crippen LogP contribution in [0.1, 0.15) is 35.2 Å². The van der Waals surface area contributed by atoms with Crippen LogP contribution in [0.4, 0.5) is 5.69 Å². The van der Waals surface area contributed by atoms with E-state index in [9.17, 15) is 9.59 Å². The molecule has 1 N–H and O–H groups in total. The van der Waals surface area contributed by atoms with Crippen LogP contribution < -0.4 is 10.9 Å². The van der Waals surface area contributed by atoms with Gasteiger partial charge in [-0.25, -0.2) is 14.8 Å². The molecule has 4 aromatic rings. The summed E-state index contributed by atoms with van der Waals surface area (Å²) in [6.45, 7) is 2.51. The van der Waals surface area contributed by atoms with Crippen LogP contribution in [-0.2, 0) is 17.7 Å². The van der Waals surface area contributed by atoms with Gasteiger partial charge in [-0.05, 0) is 42.3 Å². The minimum Gasteiger partial charge on any atom is -0.464 e. The predicted molar refractivity (Wildman–Crippen MR) is 124 cm³/mol. The molecule has 7 heteroatoms. The Balaban J connectivity index is 1.73. The fourth-order valence-corrected chi connectivity index (χ4v) is 3.61. The standard InChI is InChI=1S/C25H24N4O3/c1-3-8-22-28-20-12-7-11-19(23(20)24(30)29(22)18-9-5-4-6-10-18)26-15-17-13-14-21(27-16-17)25(31)32-2/h4-7,9-14,16,26H,3,8,15H2,1-2H3. The zero-order valence-electron chi connectivity index (χ0n) is 18.0. The number of rotatable bonds is 7. The topological polar surface area (TPSA) is 86.1 Å². The van der Waals surface area contributed by atoms with E-state index >= 15 is 0 Å². The minimum atomic E-state index is -0.478. The molecule has 2 aromatic carbocycles. The summed E-state index contributed by atoms with van der Waals surface area (Å²) < 4.78 is 6.38. The number of fused-ring (bicyclic) bond motifs is 1. The number of ether oxygens (including phenoxy) is 1. The highest BCUT2D eigenvalue weighted by atomic mass is 16.5. The number of hydrogen-bond donors (Lipinski definition) is 1. The Morgan fingerprint density at radius 2 is 1.88 bits per heavy atom. The maximum Gasteiger partial charge on any atom is 0.356 e. The summed E-state index contributed by atoms with van der Waals surface area (Å²) in [5.74, 6) is 0.268. The van der Waals surface area contributed by atoms with E-state index in [4.69, 9.17) is 4.98 Å². The predicted octanol–water partition coefficient (Wildman–Crippen LogP) is 4.13. The average Bonchev–Trinajstić information content (AvgIpc) is 2.83. The van der Waals surface area contributed by atoms with Crippen molar-refractivity contribution in [3.63, 3.8) is 0 Å². The highest BCUT2D eigenvalue weighted by molar-refractivity contribution is 5.91. The van der Waals surface area contributed by atoms with E-state index in [0.29, 0.717) is 29.6 Å². The van der Waals surface area contributed by atoms with Gasteiger partial charge in [-0.2, -0.15) is 0 Å².